The molecule has 0 spiro atoms. The smallest absolute Gasteiger partial charge is 0.416 e. The van der Waals surface area contributed by atoms with Gasteiger partial charge < -0.3 is 19.1 Å². The molecular formula is C26H19ClF3N3O6. The number of methoxy groups -OCH3 is 1. The minimum Gasteiger partial charge on any atom is -0.497 e. The first-order valence-electron chi connectivity index (χ1n) is 11.4. The summed E-state index contributed by atoms with van der Waals surface area (Å²) in [6.07, 6.45) is -5.86. The Labute approximate surface area is 222 Å². The van der Waals surface area contributed by atoms with Gasteiger partial charge in [-0.05, 0) is 55.0 Å². The molecule has 0 aliphatic rings. The SMILES string of the molecule is COc1ccc2c(-n3c(=O)n(Cc4ccc(Cl)c(O[C@@H](C)C(=O)O)c4)c4cc(C(F)(F)F)ccc43)noc2c1. The Morgan fingerprint density at radius 1 is 1.13 bits per heavy atom. The van der Waals surface area contributed by atoms with Crippen molar-refractivity contribution < 1.29 is 37.1 Å². The average Bonchev–Trinajstić information content (AvgIpc) is 3.42. The zero-order valence-corrected chi connectivity index (χ0v) is 21.1. The summed E-state index contributed by atoms with van der Waals surface area (Å²) in [5.74, 6) is -0.578. The number of fused-ring (bicyclic) bond motifs is 2. The summed E-state index contributed by atoms with van der Waals surface area (Å²) in [7, 11) is 1.48. The van der Waals surface area contributed by atoms with Gasteiger partial charge in [-0.2, -0.15) is 13.2 Å². The molecule has 13 heteroatoms. The molecule has 0 bridgehead atoms. The molecule has 0 unspecified atom stereocenters. The molecule has 0 saturated carbocycles. The van der Waals surface area contributed by atoms with Gasteiger partial charge in [0.1, 0.15) is 11.5 Å². The van der Waals surface area contributed by atoms with Gasteiger partial charge in [0.15, 0.2) is 17.5 Å². The number of rotatable bonds is 7. The Morgan fingerprint density at radius 3 is 2.59 bits per heavy atom. The van der Waals surface area contributed by atoms with Gasteiger partial charge in [-0.1, -0.05) is 22.8 Å². The van der Waals surface area contributed by atoms with Crippen LogP contribution >= 0.6 is 11.6 Å². The van der Waals surface area contributed by atoms with Crippen LogP contribution in [0.5, 0.6) is 11.5 Å². The summed E-state index contributed by atoms with van der Waals surface area (Å²) < 4.78 is 59.1. The summed E-state index contributed by atoms with van der Waals surface area (Å²) >= 11 is 6.15. The number of carboxylic acids is 1. The first kappa shape index (κ1) is 26.2. The fraction of sp³-hybridized carbons (Fsp3) is 0.192. The number of imidazole rings is 1. The molecule has 2 aromatic heterocycles. The van der Waals surface area contributed by atoms with E-state index >= 15 is 0 Å². The molecule has 202 valence electrons. The minimum atomic E-state index is -4.65. The highest BCUT2D eigenvalue weighted by molar-refractivity contribution is 6.32. The number of carboxylic acid groups (broad SMARTS) is 1. The monoisotopic (exact) mass is 561 g/mol. The molecule has 5 rings (SSSR count). The molecule has 3 aromatic carbocycles. The third-order valence-electron chi connectivity index (χ3n) is 6.12. The zero-order valence-electron chi connectivity index (χ0n) is 20.3. The fourth-order valence-corrected chi connectivity index (χ4v) is 4.30. The van der Waals surface area contributed by atoms with Crippen LogP contribution in [-0.2, 0) is 17.5 Å². The maximum atomic E-state index is 13.7. The van der Waals surface area contributed by atoms with Crippen molar-refractivity contribution in [1.29, 1.82) is 0 Å². The second-order valence-corrected chi connectivity index (χ2v) is 9.04. The lowest BCUT2D eigenvalue weighted by atomic mass is 10.1. The van der Waals surface area contributed by atoms with E-state index in [4.69, 9.17) is 30.7 Å². The minimum absolute atomic E-state index is 0.00388. The molecule has 0 amide bonds. The van der Waals surface area contributed by atoms with Gasteiger partial charge in [0, 0.05) is 6.07 Å². The van der Waals surface area contributed by atoms with E-state index < -0.39 is 29.5 Å². The van der Waals surface area contributed by atoms with Crippen LogP contribution < -0.4 is 15.2 Å². The van der Waals surface area contributed by atoms with Crippen molar-refractivity contribution in [3.05, 3.63) is 81.2 Å². The van der Waals surface area contributed by atoms with Crippen LogP contribution in [0, 0.1) is 0 Å². The fourth-order valence-electron chi connectivity index (χ4n) is 4.14. The van der Waals surface area contributed by atoms with Crippen LogP contribution in [-0.4, -0.2) is 38.6 Å². The average molecular weight is 562 g/mol. The summed E-state index contributed by atoms with van der Waals surface area (Å²) in [6, 6.07) is 12.3. The summed E-state index contributed by atoms with van der Waals surface area (Å²) in [5.41, 5.74) is -0.700. The third kappa shape index (κ3) is 4.78. The molecular weight excluding hydrogens is 543 g/mol. The van der Waals surface area contributed by atoms with Gasteiger partial charge >= 0.3 is 17.8 Å². The number of aliphatic carboxylic acids is 1. The van der Waals surface area contributed by atoms with Crippen molar-refractivity contribution in [2.45, 2.75) is 25.7 Å². The number of halogens is 4. The van der Waals surface area contributed by atoms with E-state index in [1.165, 1.54) is 36.8 Å². The largest absolute Gasteiger partial charge is 0.497 e. The normalized spacial score (nSPS) is 12.7. The van der Waals surface area contributed by atoms with Crippen LogP contribution in [0.4, 0.5) is 13.2 Å². The van der Waals surface area contributed by atoms with Crippen LogP contribution in [0.3, 0.4) is 0 Å². The molecule has 9 nitrogen and oxygen atoms in total. The molecule has 39 heavy (non-hydrogen) atoms. The summed E-state index contributed by atoms with van der Waals surface area (Å²) in [4.78, 5) is 25.0. The Kier molecular flexibility index (Phi) is 6.51. The van der Waals surface area contributed by atoms with Gasteiger partial charge in [0.2, 0.25) is 0 Å². The highest BCUT2D eigenvalue weighted by Gasteiger charge is 2.32. The molecule has 2 heterocycles. The number of ether oxygens (including phenoxy) is 2. The Balaban J connectivity index is 1.68. The number of nitrogens with zero attached hydrogens (tertiary/aromatic N) is 3. The lowest BCUT2D eigenvalue weighted by molar-refractivity contribution is -0.144. The lowest BCUT2D eigenvalue weighted by Gasteiger charge is -2.13. The Hall–Kier alpha value is -4.45. The van der Waals surface area contributed by atoms with Crippen molar-refractivity contribution in [3.63, 3.8) is 0 Å². The molecule has 5 aromatic rings. The van der Waals surface area contributed by atoms with Gasteiger partial charge in [0.05, 0.1) is 40.7 Å². The number of hydrogen-bond acceptors (Lipinski definition) is 6. The molecule has 0 aliphatic carbocycles. The van der Waals surface area contributed by atoms with Crippen molar-refractivity contribution in [3.8, 4) is 17.3 Å². The van der Waals surface area contributed by atoms with Crippen LogP contribution in [0.1, 0.15) is 18.1 Å². The zero-order chi connectivity index (χ0) is 28.1. The Bertz CT molecular complexity index is 1790. The number of carbonyl (C=O) groups is 1. The van der Waals surface area contributed by atoms with E-state index in [1.54, 1.807) is 24.3 Å². The first-order chi connectivity index (χ1) is 18.5. The van der Waals surface area contributed by atoms with E-state index in [-0.39, 0.29) is 34.2 Å². The third-order valence-corrected chi connectivity index (χ3v) is 6.43. The highest BCUT2D eigenvalue weighted by Crippen LogP contribution is 2.34. The van der Waals surface area contributed by atoms with Gasteiger partial charge in [0.25, 0.3) is 0 Å². The van der Waals surface area contributed by atoms with Crippen molar-refractivity contribution in [2.75, 3.05) is 7.11 Å². The van der Waals surface area contributed by atoms with E-state index in [9.17, 15) is 22.8 Å². The molecule has 0 fully saturated rings. The van der Waals surface area contributed by atoms with Crippen molar-refractivity contribution in [1.82, 2.24) is 14.3 Å². The summed E-state index contributed by atoms with van der Waals surface area (Å²) in [5, 5.41) is 13.8. The van der Waals surface area contributed by atoms with Crippen LogP contribution in [0.15, 0.2) is 63.9 Å². The summed E-state index contributed by atoms with van der Waals surface area (Å²) in [6.45, 7) is 1.14. The second-order valence-electron chi connectivity index (χ2n) is 8.64. The number of alkyl halides is 3. The standard InChI is InChI=1S/C26H19ClF3N3O6/c1-13(24(34)35)38-22-9-14(3-7-18(22)27)12-32-20-10-15(26(28,29)30)4-8-19(20)33(25(32)36)23-17-6-5-16(37-2)11-21(17)39-31-23/h3-11,13H,12H2,1-2H3,(H,34,35)/t13-/m0/s1. The van der Waals surface area contributed by atoms with E-state index in [1.807, 2.05) is 0 Å². The first-order valence-corrected chi connectivity index (χ1v) is 11.8. The number of aromatic nitrogens is 3. The molecule has 1 N–H and O–H groups in total. The lowest BCUT2D eigenvalue weighted by Crippen LogP contribution is -2.24. The van der Waals surface area contributed by atoms with Crippen LogP contribution in [0.25, 0.3) is 27.8 Å². The van der Waals surface area contributed by atoms with E-state index in [0.29, 0.717) is 22.3 Å². The maximum absolute atomic E-state index is 13.7. The van der Waals surface area contributed by atoms with E-state index in [0.717, 1.165) is 16.7 Å². The molecule has 0 saturated heterocycles. The van der Waals surface area contributed by atoms with Gasteiger partial charge in [-0.15, -0.1) is 0 Å². The Morgan fingerprint density at radius 2 is 1.90 bits per heavy atom. The maximum Gasteiger partial charge on any atom is 0.416 e. The highest BCUT2D eigenvalue weighted by atomic mass is 35.5. The molecule has 1 atom stereocenters. The number of benzene rings is 3. The predicted molar refractivity (Wildman–Crippen MR) is 135 cm³/mol. The predicted octanol–water partition coefficient (Wildman–Crippen LogP) is 5.51. The quantitative estimate of drug-likeness (QED) is 0.279. The molecule has 0 radical (unpaired) electrons. The van der Waals surface area contributed by atoms with E-state index in [2.05, 4.69) is 5.16 Å². The van der Waals surface area contributed by atoms with Gasteiger partial charge in [-0.25, -0.2) is 14.2 Å². The van der Waals surface area contributed by atoms with Crippen LogP contribution in [0.2, 0.25) is 5.02 Å². The van der Waals surface area contributed by atoms with Crippen molar-refractivity contribution in [2.24, 2.45) is 0 Å². The number of hydrogen-bond donors (Lipinski definition) is 1. The van der Waals surface area contributed by atoms with Crippen molar-refractivity contribution >= 4 is 39.6 Å². The molecule has 0 aliphatic heterocycles. The second kappa shape index (κ2) is 9.70. The topological polar surface area (TPSA) is 109 Å². The van der Waals surface area contributed by atoms with Gasteiger partial charge in [-0.3, -0.25) is 4.57 Å².